The van der Waals surface area contributed by atoms with Crippen molar-refractivity contribution < 1.29 is 10.2 Å². The average Bonchev–Trinajstić information content (AvgIpc) is 2.63. The van der Waals surface area contributed by atoms with Crippen LogP contribution in [0, 0.1) is 0 Å². The van der Waals surface area contributed by atoms with Crippen molar-refractivity contribution in [2.24, 2.45) is 0 Å². The zero-order valence-electron chi connectivity index (χ0n) is 17.1. The Morgan fingerprint density at radius 3 is 1.78 bits per heavy atom. The summed E-state index contributed by atoms with van der Waals surface area (Å²) in [6, 6.07) is 4.85. The van der Waals surface area contributed by atoms with Crippen LogP contribution in [-0.2, 0) is 6.42 Å². The second-order valence-electron chi connectivity index (χ2n) is 7.19. The van der Waals surface area contributed by atoms with E-state index in [1.807, 2.05) is 0 Å². The first-order valence-electron chi connectivity index (χ1n) is 10.7. The van der Waals surface area contributed by atoms with Gasteiger partial charge in [0.2, 0.25) is 0 Å². The highest BCUT2D eigenvalue weighted by atomic mass is 16.3. The highest BCUT2D eigenvalue weighted by Gasteiger charge is 1.99. The maximum absolute atomic E-state index is 9.46. The lowest BCUT2D eigenvalue weighted by Gasteiger charge is -2.04. The Kier molecular flexibility index (Phi) is 13.9. The average molecular weight is 371 g/mol. The minimum Gasteiger partial charge on any atom is -0.508 e. The normalized spacial score (nSPS) is 12.0. The topological polar surface area (TPSA) is 40.5 Å². The van der Waals surface area contributed by atoms with Crippen molar-refractivity contribution >= 4 is 0 Å². The lowest BCUT2D eigenvalue weighted by molar-refractivity contribution is 0.449. The number of rotatable bonds is 15. The molecule has 1 rings (SSSR count). The molecule has 150 valence electrons. The number of hydrogen-bond acceptors (Lipinski definition) is 2. The van der Waals surface area contributed by atoms with Crippen molar-refractivity contribution in [1.82, 2.24) is 0 Å². The Hall–Kier alpha value is -1.96. The van der Waals surface area contributed by atoms with Gasteiger partial charge in [-0.3, -0.25) is 0 Å². The lowest BCUT2D eigenvalue weighted by Crippen LogP contribution is -1.86. The smallest absolute Gasteiger partial charge is 0.119 e. The fraction of sp³-hybridized carbons (Fsp3) is 0.520. The summed E-state index contributed by atoms with van der Waals surface area (Å²) in [4.78, 5) is 0. The maximum Gasteiger partial charge on any atom is 0.119 e. The highest BCUT2D eigenvalue weighted by molar-refractivity contribution is 5.36. The van der Waals surface area contributed by atoms with Gasteiger partial charge in [0.25, 0.3) is 0 Å². The first-order chi connectivity index (χ1) is 13.2. The number of hydrogen-bond donors (Lipinski definition) is 2. The molecule has 0 saturated carbocycles. The summed E-state index contributed by atoms with van der Waals surface area (Å²) in [6.07, 6.45) is 27.7. The molecule has 0 amide bonds. The third-order valence-electron chi connectivity index (χ3n) is 4.57. The number of allylic oxidation sites excluding steroid dienone is 6. The van der Waals surface area contributed by atoms with Gasteiger partial charge >= 0.3 is 0 Å². The molecule has 0 atom stereocenters. The molecule has 2 heteroatoms. The van der Waals surface area contributed by atoms with Crippen LogP contribution in [0.2, 0.25) is 0 Å². The maximum atomic E-state index is 9.46. The van der Waals surface area contributed by atoms with Crippen LogP contribution >= 0.6 is 0 Å². The van der Waals surface area contributed by atoms with Crippen LogP contribution in [0.1, 0.15) is 83.1 Å². The quantitative estimate of drug-likeness (QED) is 0.246. The summed E-state index contributed by atoms with van der Waals surface area (Å²) in [5.41, 5.74) is 1.01. The van der Waals surface area contributed by atoms with Crippen LogP contribution in [0.5, 0.6) is 11.5 Å². The van der Waals surface area contributed by atoms with Crippen LogP contribution in [0.4, 0.5) is 0 Å². The Bertz CT molecular complexity index is 549. The highest BCUT2D eigenvalue weighted by Crippen LogP contribution is 2.22. The van der Waals surface area contributed by atoms with E-state index in [0.717, 1.165) is 31.2 Å². The summed E-state index contributed by atoms with van der Waals surface area (Å²) >= 11 is 0. The minimum atomic E-state index is 0.148. The Labute approximate surface area is 166 Å². The molecule has 0 bridgehead atoms. The van der Waals surface area contributed by atoms with Crippen molar-refractivity contribution in [2.45, 2.75) is 84.0 Å². The predicted molar refractivity (Wildman–Crippen MR) is 117 cm³/mol. The van der Waals surface area contributed by atoms with Crippen LogP contribution in [0.15, 0.2) is 54.7 Å². The molecule has 0 aliphatic carbocycles. The Morgan fingerprint density at radius 2 is 1.15 bits per heavy atom. The fourth-order valence-corrected chi connectivity index (χ4v) is 3.02. The van der Waals surface area contributed by atoms with E-state index in [0.29, 0.717) is 0 Å². The third-order valence-corrected chi connectivity index (χ3v) is 4.57. The molecule has 1 aromatic carbocycles. The molecule has 0 aliphatic rings. The molecule has 0 fully saturated rings. The number of phenols is 2. The largest absolute Gasteiger partial charge is 0.508 e. The van der Waals surface area contributed by atoms with Crippen molar-refractivity contribution in [2.75, 3.05) is 0 Å². The van der Waals surface area contributed by atoms with Crippen LogP contribution in [0.25, 0.3) is 0 Å². The molecule has 2 N–H and O–H groups in total. The van der Waals surface area contributed by atoms with Gasteiger partial charge in [0.05, 0.1) is 0 Å². The summed E-state index contributed by atoms with van der Waals surface area (Å²) in [6.45, 7) is 2.23. The second-order valence-corrected chi connectivity index (χ2v) is 7.19. The van der Waals surface area contributed by atoms with E-state index < -0.39 is 0 Å². The molecule has 27 heavy (non-hydrogen) atoms. The van der Waals surface area contributed by atoms with Gasteiger partial charge in [-0.1, -0.05) is 75.5 Å². The van der Waals surface area contributed by atoms with Gasteiger partial charge in [-0.15, -0.1) is 0 Å². The molecule has 0 radical (unpaired) electrons. The second kappa shape index (κ2) is 16.2. The van der Waals surface area contributed by atoms with E-state index in [1.165, 1.54) is 57.4 Å². The molecule has 0 heterocycles. The zero-order valence-corrected chi connectivity index (χ0v) is 17.1. The number of phenolic OH excluding ortho intramolecular Hbond substituents is 2. The first kappa shape index (κ1) is 23.1. The fourth-order valence-electron chi connectivity index (χ4n) is 3.02. The van der Waals surface area contributed by atoms with Crippen LogP contribution in [0.3, 0.4) is 0 Å². The van der Waals surface area contributed by atoms with Crippen molar-refractivity contribution in [3.8, 4) is 11.5 Å². The van der Waals surface area contributed by atoms with E-state index >= 15 is 0 Å². The van der Waals surface area contributed by atoms with E-state index in [4.69, 9.17) is 0 Å². The van der Waals surface area contributed by atoms with Crippen LogP contribution < -0.4 is 0 Å². The van der Waals surface area contributed by atoms with Gasteiger partial charge in [-0.25, -0.2) is 0 Å². The van der Waals surface area contributed by atoms with Crippen LogP contribution in [-0.4, -0.2) is 10.2 Å². The van der Waals surface area contributed by atoms with Crippen molar-refractivity contribution in [3.05, 3.63) is 60.2 Å². The van der Waals surface area contributed by atoms with E-state index in [-0.39, 0.29) is 11.5 Å². The number of aromatic hydroxyl groups is 2. The molecular weight excluding hydrogens is 332 g/mol. The summed E-state index contributed by atoms with van der Waals surface area (Å²) in [7, 11) is 0. The van der Waals surface area contributed by atoms with Gasteiger partial charge < -0.3 is 10.2 Å². The molecule has 0 aliphatic heterocycles. The molecule has 2 nitrogen and oxygen atoms in total. The van der Waals surface area contributed by atoms with Gasteiger partial charge in [-0.05, 0) is 62.6 Å². The minimum absolute atomic E-state index is 0.148. The summed E-state index contributed by atoms with van der Waals surface area (Å²) in [5.74, 6) is 0.296. The number of benzene rings is 1. The third kappa shape index (κ3) is 13.8. The SMILES string of the molecule is CCCC/C=C\C/C=C\C/C=C\CCCCCCCc1cc(O)cc(O)c1. The monoisotopic (exact) mass is 370 g/mol. The first-order valence-corrected chi connectivity index (χ1v) is 10.7. The number of unbranched alkanes of at least 4 members (excludes halogenated alkanes) is 7. The zero-order chi connectivity index (χ0) is 19.6. The standard InChI is InChI=1S/C25H38O2/c1-2-3-4-5-6-7-8-9-10-11-12-13-14-15-16-17-18-19-23-20-24(26)22-25(27)21-23/h5-6,8-9,11-12,20-22,26-27H,2-4,7,10,13-19H2,1H3/b6-5-,9-8-,12-11-. The van der Waals surface area contributed by atoms with Crippen molar-refractivity contribution in [1.29, 1.82) is 0 Å². The molecule has 0 spiro atoms. The molecule has 0 saturated heterocycles. The Morgan fingerprint density at radius 1 is 0.630 bits per heavy atom. The van der Waals surface area contributed by atoms with Crippen molar-refractivity contribution in [3.63, 3.8) is 0 Å². The molecule has 1 aromatic rings. The Balaban J connectivity index is 1.92. The van der Waals surface area contributed by atoms with E-state index in [2.05, 4.69) is 43.4 Å². The van der Waals surface area contributed by atoms with E-state index in [9.17, 15) is 10.2 Å². The molecular formula is C25H38O2. The van der Waals surface area contributed by atoms with Gasteiger partial charge in [0, 0.05) is 6.07 Å². The summed E-state index contributed by atoms with van der Waals surface area (Å²) in [5, 5.41) is 18.9. The van der Waals surface area contributed by atoms with E-state index in [1.54, 1.807) is 12.1 Å². The van der Waals surface area contributed by atoms with Gasteiger partial charge in [0.15, 0.2) is 0 Å². The molecule has 0 aromatic heterocycles. The van der Waals surface area contributed by atoms with Gasteiger partial charge in [0.1, 0.15) is 11.5 Å². The number of aryl methyl sites for hydroxylation is 1. The predicted octanol–water partition coefficient (Wildman–Crippen LogP) is 7.62. The molecule has 0 unspecified atom stereocenters. The summed E-state index contributed by atoms with van der Waals surface area (Å²) < 4.78 is 0. The van der Waals surface area contributed by atoms with Gasteiger partial charge in [-0.2, -0.15) is 0 Å². The lowest BCUT2D eigenvalue weighted by atomic mass is 10.0.